The molecule has 0 saturated carbocycles. The Kier molecular flexibility index (Phi) is 4.02. The van der Waals surface area contributed by atoms with Crippen LogP contribution >= 0.6 is 11.3 Å². The molecule has 0 bridgehead atoms. The van der Waals surface area contributed by atoms with E-state index in [9.17, 15) is 4.79 Å². The van der Waals surface area contributed by atoms with Crippen LogP contribution in [0, 0.1) is 5.92 Å². The second kappa shape index (κ2) is 5.91. The average Bonchev–Trinajstić information content (AvgIpc) is 3.02. The van der Waals surface area contributed by atoms with E-state index in [0.717, 1.165) is 45.2 Å². The maximum Gasteiger partial charge on any atom is 0.226 e. The van der Waals surface area contributed by atoms with E-state index in [1.165, 1.54) is 4.88 Å². The van der Waals surface area contributed by atoms with Gasteiger partial charge in [0.25, 0.3) is 0 Å². The molecule has 0 N–H and O–H groups in total. The van der Waals surface area contributed by atoms with Gasteiger partial charge >= 0.3 is 0 Å². The molecule has 0 radical (unpaired) electrons. The molecule has 1 aliphatic heterocycles. The Labute approximate surface area is 119 Å². The molecule has 0 spiro atoms. The average molecular weight is 275 g/mol. The first-order valence-corrected chi connectivity index (χ1v) is 8.20. The third-order valence-electron chi connectivity index (χ3n) is 4.37. The molecule has 2 aliphatic rings. The molecular weight excluding hydrogens is 254 g/mol. The number of nitrogens with zero attached hydrogens (tertiary/aromatic N) is 1. The molecule has 3 rings (SSSR count). The molecule has 102 valence electrons. The van der Waals surface area contributed by atoms with E-state index in [1.807, 2.05) is 11.3 Å². The van der Waals surface area contributed by atoms with Crippen LogP contribution in [0.3, 0.4) is 0 Å². The van der Waals surface area contributed by atoms with Crippen LogP contribution in [0.2, 0.25) is 0 Å². The summed E-state index contributed by atoms with van der Waals surface area (Å²) < 4.78 is 0. The molecule has 2 heterocycles. The summed E-state index contributed by atoms with van der Waals surface area (Å²) in [6.07, 6.45) is 9.70. The van der Waals surface area contributed by atoms with Crippen LogP contribution in [0.5, 0.6) is 0 Å². The molecule has 1 aliphatic carbocycles. The van der Waals surface area contributed by atoms with E-state index >= 15 is 0 Å². The molecule has 2 nitrogen and oxygen atoms in total. The molecule has 1 aromatic rings. The van der Waals surface area contributed by atoms with Crippen LogP contribution in [0.25, 0.3) is 0 Å². The molecule has 1 unspecified atom stereocenters. The third-order valence-corrected chi connectivity index (χ3v) is 5.41. The summed E-state index contributed by atoms with van der Waals surface area (Å²) in [6.45, 7) is 1.89. The number of carbonyl (C=O) groups excluding carboxylic acids is 1. The number of hydrogen-bond donors (Lipinski definition) is 0. The molecule has 3 heteroatoms. The van der Waals surface area contributed by atoms with E-state index in [2.05, 4.69) is 34.6 Å². The zero-order valence-corrected chi connectivity index (χ0v) is 12.1. The summed E-state index contributed by atoms with van der Waals surface area (Å²) in [7, 11) is 0. The van der Waals surface area contributed by atoms with Crippen LogP contribution in [-0.4, -0.2) is 23.9 Å². The zero-order valence-electron chi connectivity index (χ0n) is 11.3. The van der Waals surface area contributed by atoms with Gasteiger partial charge in [0, 0.05) is 23.9 Å². The summed E-state index contributed by atoms with van der Waals surface area (Å²) in [5, 5.41) is 2.15. The van der Waals surface area contributed by atoms with E-state index in [0.29, 0.717) is 11.8 Å². The first kappa shape index (κ1) is 12.9. The van der Waals surface area contributed by atoms with Crippen molar-refractivity contribution in [2.75, 3.05) is 13.1 Å². The van der Waals surface area contributed by atoms with Gasteiger partial charge in [-0.2, -0.15) is 0 Å². The zero-order chi connectivity index (χ0) is 13.1. The fourth-order valence-electron chi connectivity index (χ4n) is 3.18. The van der Waals surface area contributed by atoms with Crippen molar-refractivity contribution in [3.8, 4) is 0 Å². The van der Waals surface area contributed by atoms with Gasteiger partial charge in [0.05, 0.1) is 0 Å². The first-order valence-electron chi connectivity index (χ1n) is 7.32. The van der Waals surface area contributed by atoms with Gasteiger partial charge in [-0.15, -0.1) is 11.3 Å². The predicted molar refractivity (Wildman–Crippen MR) is 79.4 cm³/mol. The van der Waals surface area contributed by atoms with Crippen molar-refractivity contribution in [3.05, 3.63) is 34.5 Å². The van der Waals surface area contributed by atoms with Crippen LogP contribution < -0.4 is 0 Å². The Morgan fingerprint density at radius 2 is 2.05 bits per heavy atom. The topological polar surface area (TPSA) is 20.3 Å². The van der Waals surface area contributed by atoms with Crippen LogP contribution in [0.4, 0.5) is 0 Å². The van der Waals surface area contributed by atoms with Gasteiger partial charge in [-0.3, -0.25) is 4.79 Å². The lowest BCUT2D eigenvalue weighted by molar-refractivity contribution is -0.136. The van der Waals surface area contributed by atoms with Crippen LogP contribution in [0.15, 0.2) is 29.7 Å². The number of likely N-dealkylation sites (tertiary alicyclic amines) is 1. The van der Waals surface area contributed by atoms with Gasteiger partial charge < -0.3 is 4.90 Å². The molecule has 1 aromatic heterocycles. The Balaban J connectivity index is 1.55. The van der Waals surface area contributed by atoms with Gasteiger partial charge in [0.1, 0.15) is 0 Å². The van der Waals surface area contributed by atoms with Crippen molar-refractivity contribution in [2.45, 2.75) is 38.0 Å². The van der Waals surface area contributed by atoms with Gasteiger partial charge in [-0.05, 0) is 49.5 Å². The second-order valence-electron chi connectivity index (χ2n) is 5.60. The minimum absolute atomic E-state index is 0.253. The van der Waals surface area contributed by atoms with Crippen molar-refractivity contribution >= 4 is 17.2 Å². The molecule has 1 saturated heterocycles. The normalized spacial score (nSPS) is 24.6. The summed E-state index contributed by atoms with van der Waals surface area (Å²) in [6, 6.07) is 4.37. The Morgan fingerprint density at radius 3 is 2.68 bits per heavy atom. The SMILES string of the molecule is O=C(C1CC=CCC1)N1CCC(c2cccs2)CC1. The lowest BCUT2D eigenvalue weighted by atomic mass is 9.90. The number of amides is 1. The lowest BCUT2D eigenvalue weighted by Crippen LogP contribution is -2.41. The van der Waals surface area contributed by atoms with Gasteiger partial charge in [0.15, 0.2) is 0 Å². The van der Waals surface area contributed by atoms with Gasteiger partial charge in [-0.25, -0.2) is 0 Å². The molecular formula is C16H21NOS. The molecule has 1 atom stereocenters. The van der Waals surface area contributed by atoms with Crippen molar-refractivity contribution < 1.29 is 4.79 Å². The van der Waals surface area contributed by atoms with E-state index in [4.69, 9.17) is 0 Å². The highest BCUT2D eigenvalue weighted by molar-refractivity contribution is 7.10. The lowest BCUT2D eigenvalue weighted by Gasteiger charge is -2.34. The highest BCUT2D eigenvalue weighted by atomic mass is 32.1. The number of rotatable bonds is 2. The summed E-state index contributed by atoms with van der Waals surface area (Å²) in [5.41, 5.74) is 0. The minimum Gasteiger partial charge on any atom is -0.342 e. The predicted octanol–water partition coefficient (Wildman–Crippen LogP) is 3.81. The maximum atomic E-state index is 12.4. The largest absolute Gasteiger partial charge is 0.342 e. The first-order chi connectivity index (χ1) is 9.34. The Bertz CT molecular complexity index is 443. The molecule has 1 amide bonds. The monoisotopic (exact) mass is 275 g/mol. The third kappa shape index (κ3) is 2.92. The number of piperidine rings is 1. The quantitative estimate of drug-likeness (QED) is 0.752. The number of carbonyl (C=O) groups is 1. The van der Waals surface area contributed by atoms with E-state index < -0.39 is 0 Å². The van der Waals surface area contributed by atoms with Gasteiger partial charge in [-0.1, -0.05) is 18.2 Å². The van der Waals surface area contributed by atoms with Crippen molar-refractivity contribution in [2.24, 2.45) is 5.92 Å². The highest BCUT2D eigenvalue weighted by Crippen LogP contribution is 2.32. The van der Waals surface area contributed by atoms with E-state index in [-0.39, 0.29) is 5.92 Å². The van der Waals surface area contributed by atoms with Crippen molar-refractivity contribution in [3.63, 3.8) is 0 Å². The fourth-order valence-corrected chi connectivity index (χ4v) is 4.08. The minimum atomic E-state index is 0.253. The highest BCUT2D eigenvalue weighted by Gasteiger charge is 2.28. The van der Waals surface area contributed by atoms with Crippen molar-refractivity contribution in [1.29, 1.82) is 0 Å². The van der Waals surface area contributed by atoms with Gasteiger partial charge in [0.2, 0.25) is 5.91 Å². The van der Waals surface area contributed by atoms with Crippen LogP contribution in [0.1, 0.15) is 42.9 Å². The van der Waals surface area contributed by atoms with Crippen molar-refractivity contribution in [1.82, 2.24) is 4.90 Å². The summed E-state index contributed by atoms with van der Waals surface area (Å²) >= 11 is 1.85. The Morgan fingerprint density at radius 1 is 1.21 bits per heavy atom. The molecule has 1 fully saturated rings. The fraction of sp³-hybridized carbons (Fsp3) is 0.562. The van der Waals surface area contributed by atoms with Crippen LogP contribution in [-0.2, 0) is 4.79 Å². The van der Waals surface area contributed by atoms with E-state index in [1.54, 1.807) is 0 Å². The Hall–Kier alpha value is -1.09. The summed E-state index contributed by atoms with van der Waals surface area (Å²) in [5.74, 6) is 1.33. The standard InChI is InChI=1S/C16H21NOS/c18-16(14-5-2-1-3-6-14)17-10-8-13(9-11-17)15-7-4-12-19-15/h1-2,4,7,12-14H,3,5-6,8-11H2. The number of allylic oxidation sites excluding steroid dienone is 2. The maximum absolute atomic E-state index is 12.4. The number of hydrogen-bond acceptors (Lipinski definition) is 2. The molecule has 19 heavy (non-hydrogen) atoms. The number of thiophene rings is 1. The molecule has 0 aromatic carbocycles. The summed E-state index contributed by atoms with van der Waals surface area (Å²) in [4.78, 5) is 16.0. The smallest absolute Gasteiger partial charge is 0.226 e. The second-order valence-corrected chi connectivity index (χ2v) is 6.58.